The Morgan fingerprint density at radius 2 is 1.96 bits per heavy atom. The molecule has 0 aliphatic carbocycles. The number of nitrogens with one attached hydrogen (secondary N) is 1. The average Bonchev–Trinajstić information content (AvgIpc) is 2.58. The van der Waals surface area contributed by atoms with Crippen molar-refractivity contribution in [2.75, 3.05) is 12.4 Å². The maximum atomic E-state index is 13.5. The minimum absolute atomic E-state index is 0.249. The highest BCUT2D eigenvalue weighted by Gasteiger charge is 2.19. The lowest BCUT2D eigenvalue weighted by molar-refractivity contribution is -0.122. The predicted molar refractivity (Wildman–Crippen MR) is 82.8 cm³/mol. The summed E-state index contributed by atoms with van der Waals surface area (Å²) in [4.78, 5) is 12.1. The van der Waals surface area contributed by atoms with Gasteiger partial charge in [-0.2, -0.15) is 5.26 Å². The van der Waals surface area contributed by atoms with Crippen molar-refractivity contribution >= 4 is 11.6 Å². The second-order valence-corrected chi connectivity index (χ2v) is 4.85. The monoisotopic (exact) mass is 332 g/mol. The minimum Gasteiger partial charge on any atom is -0.493 e. The lowest BCUT2D eigenvalue weighted by Gasteiger charge is -2.17. The number of carbonyl (C=O) groups excluding carboxylic acids is 1. The van der Waals surface area contributed by atoms with Gasteiger partial charge in [-0.25, -0.2) is 8.78 Å². The summed E-state index contributed by atoms with van der Waals surface area (Å²) in [5.74, 6) is -1.56. The molecule has 0 heterocycles. The summed E-state index contributed by atoms with van der Waals surface area (Å²) < 4.78 is 37.3. The van der Waals surface area contributed by atoms with Gasteiger partial charge in [0.2, 0.25) is 0 Å². The molecule has 0 unspecified atom stereocenters. The summed E-state index contributed by atoms with van der Waals surface area (Å²) in [7, 11) is 1.40. The van der Waals surface area contributed by atoms with Crippen LogP contribution in [0.3, 0.4) is 0 Å². The summed E-state index contributed by atoms with van der Waals surface area (Å²) in [6.07, 6.45) is -1.01. The molecule has 0 saturated heterocycles. The molecule has 2 aromatic rings. The van der Waals surface area contributed by atoms with Crippen LogP contribution >= 0.6 is 0 Å². The molecule has 1 atom stereocenters. The van der Waals surface area contributed by atoms with Crippen molar-refractivity contribution in [3.63, 3.8) is 0 Å². The smallest absolute Gasteiger partial charge is 0.265 e. The molecule has 0 radical (unpaired) electrons. The zero-order valence-corrected chi connectivity index (χ0v) is 13.0. The fraction of sp³-hybridized carbons (Fsp3) is 0.176. The number of anilines is 1. The number of ether oxygens (including phenoxy) is 2. The van der Waals surface area contributed by atoms with Crippen LogP contribution in [0, 0.1) is 23.0 Å². The van der Waals surface area contributed by atoms with Crippen LogP contribution < -0.4 is 14.8 Å². The fourth-order valence-corrected chi connectivity index (χ4v) is 1.91. The lowest BCUT2D eigenvalue weighted by Crippen LogP contribution is -2.30. The Morgan fingerprint density at radius 1 is 1.21 bits per heavy atom. The molecule has 24 heavy (non-hydrogen) atoms. The Hall–Kier alpha value is -3.14. The number of benzene rings is 2. The van der Waals surface area contributed by atoms with Crippen molar-refractivity contribution in [1.82, 2.24) is 0 Å². The maximum absolute atomic E-state index is 13.5. The maximum Gasteiger partial charge on any atom is 0.265 e. The van der Waals surface area contributed by atoms with Gasteiger partial charge in [-0.15, -0.1) is 0 Å². The number of carbonyl (C=O) groups is 1. The first-order valence-electron chi connectivity index (χ1n) is 6.95. The molecular formula is C17H14F2N2O3. The Balaban J connectivity index is 2.12. The average molecular weight is 332 g/mol. The van der Waals surface area contributed by atoms with Crippen molar-refractivity contribution < 1.29 is 23.0 Å². The van der Waals surface area contributed by atoms with Gasteiger partial charge in [-0.1, -0.05) is 0 Å². The number of halogens is 2. The van der Waals surface area contributed by atoms with E-state index in [-0.39, 0.29) is 17.2 Å². The van der Waals surface area contributed by atoms with Gasteiger partial charge in [0.25, 0.3) is 5.91 Å². The second-order valence-electron chi connectivity index (χ2n) is 4.85. The van der Waals surface area contributed by atoms with Gasteiger partial charge in [0, 0.05) is 12.1 Å². The predicted octanol–water partition coefficient (Wildman–Crippen LogP) is 3.25. The largest absolute Gasteiger partial charge is 0.493 e. The quantitative estimate of drug-likeness (QED) is 0.912. The van der Waals surface area contributed by atoms with Gasteiger partial charge in [-0.3, -0.25) is 4.79 Å². The van der Waals surface area contributed by atoms with Gasteiger partial charge in [0.05, 0.1) is 24.4 Å². The standard InChI is InChI=1S/C17H14F2N2O3/c1-10(17(22)21-14-8-12(18)4-5-13(14)19)24-15-6-3-11(9-20)7-16(15)23-2/h3-8,10H,1-2H3,(H,21,22)/t10-/m1/s1. The number of hydrogen-bond donors (Lipinski definition) is 1. The third-order valence-corrected chi connectivity index (χ3v) is 3.15. The summed E-state index contributed by atoms with van der Waals surface area (Å²) in [6.45, 7) is 1.45. The fourth-order valence-electron chi connectivity index (χ4n) is 1.91. The van der Waals surface area contributed by atoms with Gasteiger partial charge < -0.3 is 14.8 Å². The van der Waals surface area contributed by atoms with Crippen molar-refractivity contribution in [2.24, 2.45) is 0 Å². The first kappa shape index (κ1) is 17.2. The van der Waals surface area contributed by atoms with E-state index in [1.165, 1.54) is 32.2 Å². The molecule has 0 fully saturated rings. The van der Waals surface area contributed by atoms with Crippen molar-refractivity contribution in [3.05, 3.63) is 53.6 Å². The van der Waals surface area contributed by atoms with Gasteiger partial charge in [0.15, 0.2) is 17.6 Å². The summed E-state index contributed by atoms with van der Waals surface area (Å²) in [5, 5.41) is 11.1. The highest BCUT2D eigenvalue weighted by Crippen LogP contribution is 2.29. The van der Waals surface area contributed by atoms with Crippen LogP contribution in [0.2, 0.25) is 0 Å². The van der Waals surface area contributed by atoms with Crippen LogP contribution in [-0.4, -0.2) is 19.1 Å². The summed E-state index contributed by atoms with van der Waals surface area (Å²) in [5.41, 5.74) is 0.0976. The van der Waals surface area contributed by atoms with Gasteiger partial charge in [-0.05, 0) is 31.2 Å². The van der Waals surface area contributed by atoms with Crippen LogP contribution in [0.1, 0.15) is 12.5 Å². The molecule has 0 aromatic heterocycles. The SMILES string of the molecule is COc1cc(C#N)ccc1O[C@H](C)C(=O)Nc1cc(F)ccc1F. The van der Waals surface area contributed by atoms with E-state index < -0.39 is 23.6 Å². The first-order valence-corrected chi connectivity index (χ1v) is 6.95. The summed E-state index contributed by atoms with van der Waals surface area (Å²) >= 11 is 0. The number of nitriles is 1. The van der Waals surface area contributed by atoms with Gasteiger partial charge >= 0.3 is 0 Å². The van der Waals surface area contributed by atoms with Crippen molar-refractivity contribution in [3.8, 4) is 17.6 Å². The van der Waals surface area contributed by atoms with Crippen molar-refractivity contribution in [1.29, 1.82) is 5.26 Å². The zero-order valence-electron chi connectivity index (χ0n) is 13.0. The van der Waals surface area contributed by atoms with E-state index in [9.17, 15) is 13.6 Å². The Bertz CT molecular complexity index is 803. The van der Waals surface area contributed by atoms with Crippen molar-refractivity contribution in [2.45, 2.75) is 13.0 Å². The van der Waals surface area contributed by atoms with E-state index in [2.05, 4.69) is 5.32 Å². The number of rotatable bonds is 5. The van der Waals surface area contributed by atoms with E-state index >= 15 is 0 Å². The number of nitrogens with zero attached hydrogens (tertiary/aromatic N) is 1. The highest BCUT2D eigenvalue weighted by atomic mass is 19.1. The molecule has 0 bridgehead atoms. The Kier molecular flexibility index (Phi) is 5.32. The van der Waals surface area contributed by atoms with E-state index in [1.807, 2.05) is 6.07 Å². The molecule has 1 amide bonds. The van der Waals surface area contributed by atoms with Crippen LogP contribution in [-0.2, 0) is 4.79 Å². The molecule has 1 N–H and O–H groups in total. The first-order chi connectivity index (χ1) is 11.4. The third kappa shape index (κ3) is 3.98. The molecule has 5 nitrogen and oxygen atoms in total. The third-order valence-electron chi connectivity index (χ3n) is 3.15. The van der Waals surface area contributed by atoms with Crippen LogP contribution in [0.4, 0.5) is 14.5 Å². The van der Waals surface area contributed by atoms with Gasteiger partial charge in [0.1, 0.15) is 11.6 Å². The minimum atomic E-state index is -1.01. The molecule has 2 rings (SSSR count). The number of hydrogen-bond acceptors (Lipinski definition) is 4. The number of methoxy groups -OCH3 is 1. The molecule has 2 aromatic carbocycles. The van der Waals surface area contributed by atoms with E-state index in [0.717, 1.165) is 18.2 Å². The lowest BCUT2D eigenvalue weighted by atomic mass is 10.2. The van der Waals surface area contributed by atoms with E-state index in [4.69, 9.17) is 14.7 Å². The molecule has 0 aliphatic rings. The van der Waals surface area contributed by atoms with Crippen LogP contribution in [0.25, 0.3) is 0 Å². The topological polar surface area (TPSA) is 71.3 Å². The molecular weight excluding hydrogens is 318 g/mol. The van der Waals surface area contributed by atoms with E-state index in [1.54, 1.807) is 0 Å². The molecule has 124 valence electrons. The zero-order chi connectivity index (χ0) is 17.7. The second kappa shape index (κ2) is 7.42. The summed E-state index contributed by atoms with van der Waals surface area (Å²) in [6, 6.07) is 9.17. The van der Waals surface area contributed by atoms with Crippen LogP contribution in [0.15, 0.2) is 36.4 Å². The molecule has 0 saturated carbocycles. The molecule has 0 spiro atoms. The van der Waals surface area contributed by atoms with Crippen LogP contribution in [0.5, 0.6) is 11.5 Å². The normalized spacial score (nSPS) is 11.3. The Labute approximate surface area is 137 Å². The van der Waals surface area contributed by atoms with E-state index in [0.29, 0.717) is 5.56 Å². The Morgan fingerprint density at radius 3 is 2.62 bits per heavy atom. The molecule has 0 aliphatic heterocycles. The highest BCUT2D eigenvalue weighted by molar-refractivity contribution is 5.94. The number of amides is 1. The molecule has 7 heteroatoms.